The lowest BCUT2D eigenvalue weighted by Gasteiger charge is -2.21. The first-order valence-electron chi connectivity index (χ1n) is 5.83. The van der Waals surface area contributed by atoms with Crippen LogP contribution in [0.25, 0.3) is 0 Å². The average molecular weight is 262 g/mol. The van der Waals surface area contributed by atoms with Gasteiger partial charge in [-0.3, -0.25) is 9.97 Å². The van der Waals surface area contributed by atoms with Crippen LogP contribution in [0.5, 0.6) is 0 Å². The van der Waals surface area contributed by atoms with E-state index in [1.54, 1.807) is 6.20 Å². The Hall–Kier alpha value is -1.61. The predicted molar refractivity (Wildman–Crippen MR) is 74.9 cm³/mol. The van der Waals surface area contributed by atoms with Crippen molar-refractivity contribution in [3.05, 3.63) is 53.6 Å². The highest BCUT2D eigenvalue weighted by Gasteiger charge is 2.07. The molecule has 0 saturated carbocycles. The van der Waals surface area contributed by atoms with Crippen molar-refractivity contribution in [3.63, 3.8) is 0 Å². The van der Waals surface area contributed by atoms with E-state index in [9.17, 15) is 0 Å². The fourth-order valence-electron chi connectivity index (χ4n) is 1.91. The van der Waals surface area contributed by atoms with Gasteiger partial charge in [0.15, 0.2) is 0 Å². The first-order valence-corrected chi connectivity index (χ1v) is 6.36. The molecule has 0 N–H and O–H groups in total. The third-order valence-electron chi connectivity index (χ3n) is 2.78. The molecular weight excluding hydrogens is 246 g/mol. The van der Waals surface area contributed by atoms with Gasteiger partial charge >= 0.3 is 0 Å². The summed E-state index contributed by atoms with van der Waals surface area (Å²) in [5.41, 5.74) is 4.22. The van der Waals surface area contributed by atoms with Crippen LogP contribution in [0, 0.1) is 6.92 Å². The molecule has 0 fully saturated rings. The lowest BCUT2D eigenvalue weighted by molar-refractivity contribution is 0.870. The maximum atomic E-state index is 5.92. The summed E-state index contributed by atoms with van der Waals surface area (Å²) in [6.45, 7) is 2.76. The zero-order chi connectivity index (χ0) is 13.0. The molecule has 2 heterocycles. The van der Waals surface area contributed by atoms with Gasteiger partial charge in [-0.1, -0.05) is 6.07 Å². The van der Waals surface area contributed by atoms with Crippen molar-refractivity contribution >= 4 is 17.3 Å². The van der Waals surface area contributed by atoms with Crippen LogP contribution >= 0.6 is 11.6 Å². The van der Waals surface area contributed by atoms with Gasteiger partial charge in [-0.05, 0) is 25.1 Å². The first kappa shape index (κ1) is 12.8. The van der Waals surface area contributed by atoms with Crippen molar-refractivity contribution in [1.29, 1.82) is 0 Å². The van der Waals surface area contributed by atoms with E-state index in [1.807, 2.05) is 44.4 Å². The molecule has 0 aromatic carbocycles. The molecule has 0 amide bonds. The highest BCUT2D eigenvalue weighted by molar-refractivity contribution is 6.17. The number of pyridine rings is 2. The van der Waals surface area contributed by atoms with E-state index in [0.29, 0.717) is 5.88 Å². The molecular formula is C14H16ClN3. The summed E-state index contributed by atoms with van der Waals surface area (Å²) < 4.78 is 0. The molecule has 0 aliphatic rings. The van der Waals surface area contributed by atoms with Crippen LogP contribution in [0.2, 0.25) is 0 Å². The smallest absolute Gasteiger partial charge is 0.0600 e. The quantitative estimate of drug-likeness (QED) is 0.792. The molecule has 0 bridgehead atoms. The normalized spacial score (nSPS) is 10.4. The van der Waals surface area contributed by atoms with Crippen molar-refractivity contribution in [3.8, 4) is 0 Å². The number of aryl methyl sites for hydroxylation is 1. The van der Waals surface area contributed by atoms with E-state index in [-0.39, 0.29) is 0 Å². The number of rotatable bonds is 4. The van der Waals surface area contributed by atoms with Crippen molar-refractivity contribution in [2.75, 3.05) is 11.9 Å². The molecule has 0 unspecified atom stereocenters. The fourth-order valence-corrected chi connectivity index (χ4v) is 2.12. The van der Waals surface area contributed by atoms with Crippen LogP contribution in [0.1, 0.15) is 17.0 Å². The maximum absolute atomic E-state index is 5.92. The summed E-state index contributed by atoms with van der Waals surface area (Å²) in [5, 5.41) is 0. The van der Waals surface area contributed by atoms with E-state index < -0.39 is 0 Å². The summed E-state index contributed by atoms with van der Waals surface area (Å²) in [4.78, 5) is 10.7. The number of halogens is 1. The summed E-state index contributed by atoms with van der Waals surface area (Å²) >= 11 is 5.92. The Balaban J connectivity index is 2.19. The van der Waals surface area contributed by atoms with Crippen LogP contribution in [-0.4, -0.2) is 17.0 Å². The Morgan fingerprint density at radius 3 is 2.83 bits per heavy atom. The van der Waals surface area contributed by atoms with Crippen LogP contribution in [0.15, 0.2) is 36.7 Å². The van der Waals surface area contributed by atoms with Crippen molar-refractivity contribution < 1.29 is 0 Å². The Bertz CT molecular complexity index is 528. The molecule has 94 valence electrons. The Morgan fingerprint density at radius 2 is 2.11 bits per heavy atom. The molecule has 2 rings (SSSR count). The predicted octanol–water partition coefficient (Wildman–Crippen LogP) is 3.16. The number of aromatic nitrogens is 2. The van der Waals surface area contributed by atoms with Crippen molar-refractivity contribution in [1.82, 2.24) is 9.97 Å². The molecule has 0 saturated heterocycles. The summed E-state index contributed by atoms with van der Waals surface area (Å²) in [6, 6.07) is 8.04. The molecule has 2 aromatic rings. The Labute approximate surface area is 112 Å². The second-order valence-electron chi connectivity index (χ2n) is 4.26. The lowest BCUT2D eigenvalue weighted by atomic mass is 10.2. The summed E-state index contributed by atoms with van der Waals surface area (Å²) in [6.07, 6.45) is 3.59. The van der Waals surface area contributed by atoms with Gasteiger partial charge < -0.3 is 4.90 Å². The standard InChI is InChI=1S/C14H16ClN3/c1-11-4-3-5-13(17-11)10-18(2)14-6-7-16-9-12(14)8-15/h3-7,9H,8,10H2,1-2H3. The Kier molecular flexibility index (Phi) is 4.15. The number of hydrogen-bond donors (Lipinski definition) is 0. The third kappa shape index (κ3) is 2.99. The first-order chi connectivity index (χ1) is 8.70. The zero-order valence-electron chi connectivity index (χ0n) is 10.6. The molecule has 0 aliphatic heterocycles. The monoisotopic (exact) mass is 261 g/mol. The topological polar surface area (TPSA) is 29.0 Å². The van der Waals surface area contributed by atoms with Gasteiger partial charge in [0.2, 0.25) is 0 Å². The molecule has 4 heteroatoms. The highest BCUT2D eigenvalue weighted by atomic mass is 35.5. The molecule has 2 aromatic heterocycles. The number of hydrogen-bond acceptors (Lipinski definition) is 3. The minimum absolute atomic E-state index is 0.467. The molecule has 18 heavy (non-hydrogen) atoms. The fraction of sp³-hybridized carbons (Fsp3) is 0.286. The van der Waals surface area contributed by atoms with Gasteiger partial charge in [0.05, 0.1) is 18.1 Å². The average Bonchev–Trinajstić information content (AvgIpc) is 2.38. The summed E-state index contributed by atoms with van der Waals surface area (Å²) in [5.74, 6) is 0.467. The van der Waals surface area contributed by atoms with Crippen LogP contribution in [-0.2, 0) is 12.4 Å². The Morgan fingerprint density at radius 1 is 1.28 bits per heavy atom. The minimum atomic E-state index is 0.467. The molecule has 0 atom stereocenters. The van der Waals surface area contributed by atoms with Gasteiger partial charge in [-0.2, -0.15) is 0 Å². The van der Waals surface area contributed by atoms with E-state index in [1.165, 1.54) is 0 Å². The maximum Gasteiger partial charge on any atom is 0.0600 e. The second-order valence-corrected chi connectivity index (χ2v) is 4.53. The number of anilines is 1. The molecule has 0 aliphatic carbocycles. The van der Waals surface area contributed by atoms with Gasteiger partial charge in [0.25, 0.3) is 0 Å². The lowest BCUT2D eigenvalue weighted by Crippen LogP contribution is -2.18. The van der Waals surface area contributed by atoms with Crippen molar-refractivity contribution in [2.45, 2.75) is 19.3 Å². The van der Waals surface area contributed by atoms with Crippen LogP contribution < -0.4 is 4.90 Å². The minimum Gasteiger partial charge on any atom is -0.368 e. The van der Waals surface area contributed by atoms with Gasteiger partial charge in [0, 0.05) is 36.4 Å². The van der Waals surface area contributed by atoms with E-state index >= 15 is 0 Å². The largest absolute Gasteiger partial charge is 0.368 e. The third-order valence-corrected chi connectivity index (χ3v) is 3.07. The van der Waals surface area contributed by atoms with E-state index in [4.69, 9.17) is 11.6 Å². The SMILES string of the molecule is Cc1cccc(CN(C)c2ccncc2CCl)n1. The highest BCUT2D eigenvalue weighted by Crippen LogP contribution is 2.21. The van der Waals surface area contributed by atoms with E-state index in [0.717, 1.165) is 29.2 Å². The molecule has 0 radical (unpaired) electrons. The summed E-state index contributed by atoms with van der Waals surface area (Å²) in [7, 11) is 2.04. The van der Waals surface area contributed by atoms with Crippen molar-refractivity contribution in [2.24, 2.45) is 0 Å². The van der Waals surface area contributed by atoms with Crippen LogP contribution in [0.4, 0.5) is 5.69 Å². The van der Waals surface area contributed by atoms with Gasteiger partial charge in [-0.25, -0.2) is 0 Å². The number of nitrogens with zero attached hydrogens (tertiary/aromatic N) is 3. The second kappa shape index (κ2) is 5.83. The van der Waals surface area contributed by atoms with Crippen LogP contribution in [0.3, 0.4) is 0 Å². The van der Waals surface area contributed by atoms with E-state index in [2.05, 4.69) is 14.9 Å². The zero-order valence-corrected chi connectivity index (χ0v) is 11.4. The van der Waals surface area contributed by atoms with Gasteiger partial charge in [0.1, 0.15) is 0 Å². The molecule has 3 nitrogen and oxygen atoms in total. The number of alkyl halides is 1. The van der Waals surface area contributed by atoms with Gasteiger partial charge in [-0.15, -0.1) is 11.6 Å². The molecule has 0 spiro atoms.